The Morgan fingerprint density at radius 1 is 1.44 bits per heavy atom. The lowest BCUT2D eigenvalue weighted by molar-refractivity contribution is -0.0355. The Balaban J connectivity index is 2.07. The van der Waals surface area contributed by atoms with Crippen molar-refractivity contribution < 1.29 is 28.9 Å². The molecule has 1 amide bonds. The van der Waals surface area contributed by atoms with Gasteiger partial charge in [0, 0.05) is 0 Å². The first-order valence-electron chi connectivity index (χ1n) is 8.09. The van der Waals surface area contributed by atoms with Crippen molar-refractivity contribution in [2.24, 2.45) is 0 Å². The molecular formula is C15H22FN3O6. The van der Waals surface area contributed by atoms with E-state index in [1.165, 1.54) is 6.92 Å². The highest BCUT2D eigenvalue weighted by Crippen LogP contribution is 2.28. The van der Waals surface area contributed by atoms with E-state index in [0.29, 0.717) is 6.42 Å². The fourth-order valence-corrected chi connectivity index (χ4v) is 2.42. The van der Waals surface area contributed by atoms with Gasteiger partial charge in [-0.15, -0.1) is 0 Å². The predicted octanol–water partition coefficient (Wildman–Crippen LogP) is 0.760. The molecule has 1 saturated heterocycles. The van der Waals surface area contributed by atoms with E-state index < -0.39 is 48.0 Å². The fourth-order valence-electron chi connectivity index (χ4n) is 2.42. The van der Waals surface area contributed by atoms with E-state index in [0.717, 1.165) is 23.6 Å². The topological polar surface area (TPSA) is 123 Å². The third-order valence-corrected chi connectivity index (χ3v) is 3.86. The number of nitrogens with zero attached hydrogens (tertiary/aromatic N) is 2. The van der Waals surface area contributed by atoms with Gasteiger partial charge >= 0.3 is 11.8 Å². The number of hydrogen-bond donors (Lipinski definition) is 3. The van der Waals surface area contributed by atoms with Crippen LogP contribution in [0.1, 0.15) is 39.3 Å². The molecular weight excluding hydrogens is 337 g/mol. The third kappa shape index (κ3) is 4.53. The Kier molecular flexibility index (Phi) is 6.45. The summed E-state index contributed by atoms with van der Waals surface area (Å²) in [6.45, 7) is 3.68. The molecule has 3 N–H and O–H groups in total. The second-order valence-corrected chi connectivity index (χ2v) is 5.81. The standard InChI is InChI=1S/C15H22FN3O6/c1-3-4-5-6-24-15(23)18-12-9(16)7-19(14(22)17-12)13-11(21)10(20)8(2)25-13/h7-8,10-11,13,20-21H,3-6H2,1-2H3,(H,17,18,22,23)/t8-,10+,11-,13-/m0/s1. The van der Waals surface area contributed by atoms with Gasteiger partial charge in [-0.05, 0) is 13.3 Å². The van der Waals surface area contributed by atoms with Crippen LogP contribution in [-0.4, -0.2) is 50.8 Å². The molecule has 1 aliphatic rings. The summed E-state index contributed by atoms with van der Waals surface area (Å²) in [5, 5.41) is 21.6. The number of carbonyl (C=O) groups excluding carboxylic acids is 1. The molecule has 1 aliphatic heterocycles. The van der Waals surface area contributed by atoms with E-state index in [4.69, 9.17) is 9.47 Å². The van der Waals surface area contributed by atoms with Crippen molar-refractivity contribution in [2.45, 2.75) is 57.6 Å². The van der Waals surface area contributed by atoms with Gasteiger partial charge in [0.15, 0.2) is 17.9 Å². The lowest BCUT2D eigenvalue weighted by Gasteiger charge is -2.17. The highest BCUT2D eigenvalue weighted by molar-refractivity contribution is 5.83. The number of amides is 1. The maximum atomic E-state index is 14.1. The van der Waals surface area contributed by atoms with E-state index in [-0.39, 0.29) is 6.61 Å². The number of aliphatic hydroxyl groups is 2. The number of ether oxygens (including phenoxy) is 2. The Bertz CT molecular complexity index is 667. The second kappa shape index (κ2) is 8.37. The number of anilines is 1. The first-order valence-corrected chi connectivity index (χ1v) is 8.09. The molecule has 0 aromatic carbocycles. The first kappa shape index (κ1) is 19.3. The van der Waals surface area contributed by atoms with Crippen LogP contribution in [0.15, 0.2) is 11.0 Å². The number of nitrogens with one attached hydrogen (secondary N) is 1. The van der Waals surface area contributed by atoms with Crippen molar-refractivity contribution in [1.29, 1.82) is 0 Å². The SMILES string of the molecule is CCCCCOC(=O)Nc1nc(=O)n([C@H]2O[C@@H](C)[C@@H](O)[C@@H]2O)cc1F. The summed E-state index contributed by atoms with van der Waals surface area (Å²) in [6.07, 6.45) is -2.25. The van der Waals surface area contributed by atoms with Gasteiger partial charge in [-0.3, -0.25) is 9.88 Å². The molecule has 0 unspecified atom stereocenters. The molecule has 0 radical (unpaired) electrons. The fraction of sp³-hybridized carbons (Fsp3) is 0.667. The van der Waals surface area contributed by atoms with Crippen molar-refractivity contribution in [3.63, 3.8) is 0 Å². The van der Waals surface area contributed by atoms with Gasteiger partial charge in [0.2, 0.25) is 0 Å². The molecule has 4 atom stereocenters. The van der Waals surface area contributed by atoms with Crippen molar-refractivity contribution in [3.05, 3.63) is 22.5 Å². The largest absolute Gasteiger partial charge is 0.449 e. The maximum absolute atomic E-state index is 14.1. The van der Waals surface area contributed by atoms with Gasteiger partial charge in [-0.2, -0.15) is 4.98 Å². The van der Waals surface area contributed by atoms with Crippen LogP contribution in [0.2, 0.25) is 0 Å². The number of halogens is 1. The summed E-state index contributed by atoms with van der Waals surface area (Å²) in [7, 11) is 0. The van der Waals surface area contributed by atoms with Crippen LogP contribution in [0.5, 0.6) is 0 Å². The van der Waals surface area contributed by atoms with E-state index in [1.807, 2.05) is 6.92 Å². The third-order valence-electron chi connectivity index (χ3n) is 3.86. The van der Waals surface area contributed by atoms with E-state index in [1.54, 1.807) is 0 Å². The van der Waals surface area contributed by atoms with Gasteiger partial charge in [0.05, 0.1) is 18.9 Å². The lowest BCUT2D eigenvalue weighted by atomic mass is 10.1. The molecule has 0 aliphatic carbocycles. The van der Waals surface area contributed by atoms with Gasteiger partial charge in [-0.25, -0.2) is 14.0 Å². The zero-order valence-corrected chi connectivity index (χ0v) is 14.0. The molecule has 0 bridgehead atoms. The summed E-state index contributed by atoms with van der Waals surface area (Å²) < 4.78 is 24.9. The number of aliphatic hydroxyl groups excluding tert-OH is 2. The smallest absolute Gasteiger partial charge is 0.412 e. The molecule has 2 rings (SSSR count). The predicted molar refractivity (Wildman–Crippen MR) is 84.5 cm³/mol. The summed E-state index contributed by atoms with van der Waals surface area (Å²) in [4.78, 5) is 27.0. The van der Waals surface area contributed by atoms with Crippen molar-refractivity contribution in [1.82, 2.24) is 9.55 Å². The van der Waals surface area contributed by atoms with Crippen LogP contribution < -0.4 is 11.0 Å². The average molecular weight is 359 g/mol. The van der Waals surface area contributed by atoms with Crippen molar-refractivity contribution >= 4 is 11.9 Å². The van der Waals surface area contributed by atoms with Gasteiger partial charge in [0.25, 0.3) is 0 Å². The van der Waals surface area contributed by atoms with Gasteiger partial charge in [0.1, 0.15) is 12.2 Å². The number of hydrogen-bond acceptors (Lipinski definition) is 7. The van der Waals surface area contributed by atoms with E-state index >= 15 is 0 Å². The molecule has 2 heterocycles. The first-order chi connectivity index (χ1) is 11.8. The molecule has 1 fully saturated rings. The quantitative estimate of drug-likeness (QED) is 0.641. The highest BCUT2D eigenvalue weighted by atomic mass is 19.1. The maximum Gasteiger partial charge on any atom is 0.412 e. The van der Waals surface area contributed by atoms with Crippen LogP contribution in [0.4, 0.5) is 15.0 Å². The van der Waals surface area contributed by atoms with Crippen molar-refractivity contribution in [3.8, 4) is 0 Å². The number of rotatable bonds is 6. The summed E-state index contributed by atoms with van der Waals surface area (Å²) >= 11 is 0. The van der Waals surface area contributed by atoms with Crippen molar-refractivity contribution in [2.75, 3.05) is 11.9 Å². The van der Waals surface area contributed by atoms with E-state index in [9.17, 15) is 24.2 Å². The summed E-state index contributed by atoms with van der Waals surface area (Å²) in [5.74, 6) is -1.59. The molecule has 10 heteroatoms. The number of aromatic nitrogens is 2. The molecule has 9 nitrogen and oxygen atoms in total. The Morgan fingerprint density at radius 3 is 2.76 bits per heavy atom. The molecule has 1 aromatic rings. The second-order valence-electron chi connectivity index (χ2n) is 5.81. The van der Waals surface area contributed by atoms with E-state index in [2.05, 4.69) is 10.3 Å². The van der Waals surface area contributed by atoms with Gasteiger partial charge in [-0.1, -0.05) is 19.8 Å². The van der Waals surface area contributed by atoms with Crippen LogP contribution in [0.25, 0.3) is 0 Å². The Labute approximate surface area is 143 Å². The molecule has 1 aromatic heterocycles. The molecule has 0 spiro atoms. The number of carbonyl (C=O) groups is 1. The Morgan fingerprint density at radius 2 is 2.16 bits per heavy atom. The molecule has 0 saturated carbocycles. The van der Waals surface area contributed by atoms with Crippen LogP contribution in [-0.2, 0) is 9.47 Å². The lowest BCUT2D eigenvalue weighted by Crippen LogP contribution is -2.36. The summed E-state index contributed by atoms with van der Waals surface area (Å²) in [5.41, 5.74) is -0.951. The minimum absolute atomic E-state index is 0.177. The molecule has 140 valence electrons. The van der Waals surface area contributed by atoms with Crippen LogP contribution >= 0.6 is 0 Å². The highest BCUT2D eigenvalue weighted by Gasteiger charge is 2.42. The average Bonchev–Trinajstić information content (AvgIpc) is 2.82. The monoisotopic (exact) mass is 359 g/mol. The normalized spacial score (nSPS) is 25.8. The summed E-state index contributed by atoms with van der Waals surface area (Å²) in [6, 6.07) is 0. The zero-order valence-electron chi connectivity index (χ0n) is 14.0. The van der Waals surface area contributed by atoms with Crippen LogP contribution in [0, 0.1) is 5.82 Å². The minimum Gasteiger partial charge on any atom is -0.449 e. The molecule has 25 heavy (non-hydrogen) atoms. The zero-order chi connectivity index (χ0) is 18.6. The van der Waals surface area contributed by atoms with Crippen LogP contribution in [0.3, 0.4) is 0 Å². The van der Waals surface area contributed by atoms with Gasteiger partial charge < -0.3 is 19.7 Å². The minimum atomic E-state index is -1.41. The Hall–Kier alpha value is -2.04. The number of unbranched alkanes of at least 4 members (excludes halogenated alkanes) is 2.